The van der Waals surface area contributed by atoms with Gasteiger partial charge in [0.15, 0.2) is 11.5 Å². The molecule has 1 N–H and O–H groups in total. The normalized spacial score (nSPS) is 10.5. The van der Waals surface area contributed by atoms with E-state index >= 15 is 0 Å². The van der Waals surface area contributed by atoms with Gasteiger partial charge in [-0.3, -0.25) is 9.48 Å². The molecule has 1 aromatic heterocycles. The summed E-state index contributed by atoms with van der Waals surface area (Å²) in [5.41, 5.74) is 3.13. The Hall–Kier alpha value is -4.59. The Labute approximate surface area is 203 Å². The van der Waals surface area contributed by atoms with E-state index in [0.717, 1.165) is 11.1 Å². The quantitative estimate of drug-likeness (QED) is 0.360. The maximum absolute atomic E-state index is 12.8. The first kappa shape index (κ1) is 23.6. The van der Waals surface area contributed by atoms with E-state index in [9.17, 15) is 9.59 Å². The van der Waals surface area contributed by atoms with E-state index in [-0.39, 0.29) is 5.91 Å². The van der Waals surface area contributed by atoms with Crippen LogP contribution in [0.5, 0.6) is 11.5 Å². The van der Waals surface area contributed by atoms with Crippen molar-refractivity contribution in [2.45, 2.75) is 13.2 Å². The van der Waals surface area contributed by atoms with Crippen LogP contribution in [-0.4, -0.2) is 35.9 Å². The van der Waals surface area contributed by atoms with Gasteiger partial charge in [-0.05, 0) is 41.5 Å². The topological polar surface area (TPSA) is 91.7 Å². The Morgan fingerprint density at radius 1 is 0.943 bits per heavy atom. The maximum Gasteiger partial charge on any atom is 0.338 e. The monoisotopic (exact) mass is 471 g/mol. The number of ether oxygens (including phenoxy) is 3. The average Bonchev–Trinajstić information content (AvgIpc) is 3.34. The third-order valence-electron chi connectivity index (χ3n) is 5.30. The summed E-state index contributed by atoms with van der Waals surface area (Å²) in [6.07, 6.45) is 3.27. The number of carbonyl (C=O) groups is 2. The minimum absolute atomic E-state index is 0.265. The Morgan fingerprint density at radius 3 is 2.51 bits per heavy atom. The van der Waals surface area contributed by atoms with Crippen molar-refractivity contribution in [2.75, 3.05) is 19.5 Å². The van der Waals surface area contributed by atoms with E-state index in [4.69, 9.17) is 14.2 Å². The number of para-hydroxylation sites is 2. The molecule has 0 aliphatic rings. The van der Waals surface area contributed by atoms with E-state index in [0.29, 0.717) is 41.5 Å². The predicted octanol–water partition coefficient (Wildman–Crippen LogP) is 4.56. The zero-order valence-corrected chi connectivity index (χ0v) is 19.4. The molecule has 0 aliphatic carbocycles. The highest BCUT2D eigenvalue weighted by atomic mass is 16.5. The average molecular weight is 472 g/mol. The third kappa shape index (κ3) is 5.86. The number of rotatable bonds is 9. The van der Waals surface area contributed by atoms with Gasteiger partial charge in [-0.1, -0.05) is 42.5 Å². The molecule has 0 aliphatic heterocycles. The van der Waals surface area contributed by atoms with Crippen LogP contribution in [0.15, 0.2) is 85.2 Å². The second-order valence-corrected chi connectivity index (χ2v) is 7.67. The van der Waals surface area contributed by atoms with Crippen molar-refractivity contribution in [3.63, 3.8) is 0 Å². The Balaban J connectivity index is 1.40. The first-order valence-electron chi connectivity index (χ1n) is 10.9. The number of amides is 1. The van der Waals surface area contributed by atoms with Crippen molar-refractivity contribution in [2.24, 2.45) is 0 Å². The predicted molar refractivity (Wildman–Crippen MR) is 131 cm³/mol. The molecule has 0 unspecified atom stereocenters. The molecular formula is C27H25N3O5. The maximum atomic E-state index is 12.8. The van der Waals surface area contributed by atoms with Gasteiger partial charge in [0.2, 0.25) is 0 Å². The number of methoxy groups -OCH3 is 2. The van der Waals surface area contributed by atoms with Crippen LogP contribution < -0.4 is 14.8 Å². The molecule has 0 saturated heterocycles. The second kappa shape index (κ2) is 11.0. The van der Waals surface area contributed by atoms with E-state index in [2.05, 4.69) is 10.4 Å². The molecule has 0 fully saturated rings. The van der Waals surface area contributed by atoms with Crippen molar-refractivity contribution in [3.8, 4) is 11.5 Å². The van der Waals surface area contributed by atoms with Crippen LogP contribution in [0.2, 0.25) is 0 Å². The Kier molecular flexibility index (Phi) is 7.42. The molecular weight excluding hydrogens is 446 g/mol. The number of benzene rings is 3. The van der Waals surface area contributed by atoms with Crippen molar-refractivity contribution in [1.29, 1.82) is 0 Å². The van der Waals surface area contributed by atoms with Crippen molar-refractivity contribution in [3.05, 3.63) is 107 Å². The summed E-state index contributed by atoms with van der Waals surface area (Å²) in [7, 11) is 2.94. The molecule has 0 radical (unpaired) electrons. The lowest BCUT2D eigenvalue weighted by atomic mass is 10.1. The van der Waals surface area contributed by atoms with Crippen LogP contribution in [-0.2, 0) is 17.9 Å². The van der Waals surface area contributed by atoms with Crippen LogP contribution in [0, 0.1) is 0 Å². The standard InChI is InChI=1S/C27H25N3O5/c1-33-24-12-5-6-13-25(24)35-18-19-8-7-10-20(14-19)26(31)29-22-15-28-30(17-22)16-21-9-3-4-11-23(21)27(32)34-2/h3-15,17H,16,18H2,1-2H3,(H,29,31). The van der Waals surface area contributed by atoms with Gasteiger partial charge in [0, 0.05) is 11.8 Å². The number of nitrogens with zero attached hydrogens (tertiary/aromatic N) is 2. The van der Waals surface area contributed by atoms with E-state index in [1.807, 2.05) is 48.5 Å². The first-order valence-corrected chi connectivity index (χ1v) is 10.9. The highest BCUT2D eigenvalue weighted by molar-refractivity contribution is 6.04. The molecule has 8 nitrogen and oxygen atoms in total. The van der Waals surface area contributed by atoms with E-state index < -0.39 is 5.97 Å². The summed E-state index contributed by atoms with van der Waals surface area (Å²) in [6, 6.07) is 21.8. The highest BCUT2D eigenvalue weighted by Crippen LogP contribution is 2.26. The minimum Gasteiger partial charge on any atom is -0.493 e. The fraction of sp³-hybridized carbons (Fsp3) is 0.148. The number of hydrogen-bond donors (Lipinski definition) is 1. The van der Waals surface area contributed by atoms with Gasteiger partial charge in [0.1, 0.15) is 6.61 Å². The van der Waals surface area contributed by atoms with Crippen molar-refractivity contribution >= 4 is 17.6 Å². The van der Waals surface area contributed by atoms with Gasteiger partial charge in [0.05, 0.1) is 38.2 Å². The van der Waals surface area contributed by atoms with Gasteiger partial charge in [0.25, 0.3) is 5.91 Å². The van der Waals surface area contributed by atoms with Crippen LogP contribution in [0.25, 0.3) is 0 Å². The zero-order chi connectivity index (χ0) is 24.6. The molecule has 0 bridgehead atoms. The molecule has 178 valence electrons. The molecule has 35 heavy (non-hydrogen) atoms. The first-order chi connectivity index (χ1) is 17.1. The number of esters is 1. The summed E-state index contributed by atoms with van der Waals surface area (Å²) in [5.74, 6) is 0.605. The van der Waals surface area contributed by atoms with Crippen LogP contribution in [0.3, 0.4) is 0 Å². The number of aromatic nitrogens is 2. The summed E-state index contributed by atoms with van der Waals surface area (Å²) < 4.78 is 17.7. The third-order valence-corrected chi connectivity index (χ3v) is 5.30. The zero-order valence-electron chi connectivity index (χ0n) is 19.4. The van der Waals surface area contributed by atoms with E-state index in [1.165, 1.54) is 7.11 Å². The molecule has 0 saturated carbocycles. The van der Waals surface area contributed by atoms with Crippen LogP contribution in [0.4, 0.5) is 5.69 Å². The Morgan fingerprint density at radius 2 is 1.71 bits per heavy atom. The SMILES string of the molecule is COC(=O)c1ccccc1Cn1cc(NC(=O)c2cccc(COc3ccccc3OC)c2)cn1. The number of carbonyl (C=O) groups excluding carboxylic acids is 2. The van der Waals surface area contributed by atoms with Crippen LogP contribution >= 0.6 is 0 Å². The number of hydrogen-bond acceptors (Lipinski definition) is 6. The molecule has 4 rings (SSSR count). The van der Waals surface area contributed by atoms with E-state index in [1.54, 1.807) is 48.5 Å². The fourth-order valence-electron chi connectivity index (χ4n) is 3.56. The molecule has 4 aromatic rings. The van der Waals surface area contributed by atoms with Gasteiger partial charge in [-0.25, -0.2) is 4.79 Å². The van der Waals surface area contributed by atoms with Crippen molar-refractivity contribution in [1.82, 2.24) is 9.78 Å². The lowest BCUT2D eigenvalue weighted by molar-refractivity contribution is 0.0599. The highest BCUT2D eigenvalue weighted by Gasteiger charge is 2.13. The lowest BCUT2D eigenvalue weighted by Crippen LogP contribution is -2.12. The van der Waals surface area contributed by atoms with Crippen LogP contribution in [0.1, 0.15) is 31.8 Å². The minimum atomic E-state index is -0.407. The summed E-state index contributed by atoms with van der Waals surface area (Å²) >= 11 is 0. The molecule has 0 spiro atoms. The van der Waals surface area contributed by atoms with Gasteiger partial charge >= 0.3 is 5.97 Å². The lowest BCUT2D eigenvalue weighted by Gasteiger charge is -2.11. The molecule has 8 heteroatoms. The molecule has 3 aromatic carbocycles. The molecule has 0 atom stereocenters. The largest absolute Gasteiger partial charge is 0.493 e. The second-order valence-electron chi connectivity index (χ2n) is 7.67. The summed E-state index contributed by atoms with van der Waals surface area (Å²) in [4.78, 5) is 24.8. The summed E-state index contributed by atoms with van der Waals surface area (Å²) in [5, 5.41) is 7.16. The summed E-state index contributed by atoms with van der Waals surface area (Å²) in [6.45, 7) is 0.649. The Bertz CT molecular complexity index is 1330. The number of nitrogens with one attached hydrogen (secondary N) is 1. The van der Waals surface area contributed by atoms with Gasteiger partial charge in [-0.15, -0.1) is 0 Å². The smallest absolute Gasteiger partial charge is 0.338 e. The van der Waals surface area contributed by atoms with Crippen molar-refractivity contribution < 1.29 is 23.8 Å². The number of anilines is 1. The molecule has 1 amide bonds. The molecule has 1 heterocycles. The van der Waals surface area contributed by atoms with Gasteiger partial charge in [-0.2, -0.15) is 5.10 Å². The van der Waals surface area contributed by atoms with Gasteiger partial charge < -0.3 is 19.5 Å². The fourth-order valence-corrected chi connectivity index (χ4v) is 3.56.